The fourth-order valence-corrected chi connectivity index (χ4v) is 1.71. The molecular weight excluding hydrogens is 228 g/mol. The normalized spacial score (nSPS) is 10.3. The molecule has 0 radical (unpaired) electrons. The number of amides is 1. The monoisotopic (exact) mass is 244 g/mol. The average molecular weight is 244 g/mol. The van der Waals surface area contributed by atoms with Crippen molar-refractivity contribution in [3.63, 3.8) is 0 Å². The van der Waals surface area contributed by atoms with Gasteiger partial charge in [-0.1, -0.05) is 0 Å². The number of nitrogens with one attached hydrogen (secondary N) is 1. The number of hydrogen-bond acceptors (Lipinski definition) is 3. The van der Waals surface area contributed by atoms with Gasteiger partial charge in [-0.2, -0.15) is 0 Å². The van der Waals surface area contributed by atoms with Gasteiger partial charge in [0.1, 0.15) is 5.69 Å². The van der Waals surface area contributed by atoms with Crippen molar-refractivity contribution in [2.45, 2.75) is 13.1 Å². The van der Waals surface area contributed by atoms with E-state index >= 15 is 0 Å². The SMILES string of the molecule is CN(Cc1ccc[nH]1)C(=O)c1cc(CN)ccn1. The Morgan fingerprint density at radius 3 is 3.00 bits per heavy atom. The molecule has 5 nitrogen and oxygen atoms in total. The van der Waals surface area contributed by atoms with E-state index in [2.05, 4.69) is 9.97 Å². The number of aromatic nitrogens is 2. The molecule has 0 saturated heterocycles. The van der Waals surface area contributed by atoms with Gasteiger partial charge in [0.25, 0.3) is 5.91 Å². The lowest BCUT2D eigenvalue weighted by molar-refractivity contribution is 0.0777. The summed E-state index contributed by atoms with van der Waals surface area (Å²) in [4.78, 5) is 20.9. The Balaban J connectivity index is 2.10. The zero-order valence-electron chi connectivity index (χ0n) is 10.3. The summed E-state index contributed by atoms with van der Waals surface area (Å²) in [7, 11) is 1.75. The van der Waals surface area contributed by atoms with Gasteiger partial charge in [-0.05, 0) is 29.8 Å². The van der Waals surface area contributed by atoms with Crippen molar-refractivity contribution in [3.05, 3.63) is 53.6 Å². The highest BCUT2D eigenvalue weighted by molar-refractivity contribution is 5.92. The van der Waals surface area contributed by atoms with Crippen molar-refractivity contribution in [3.8, 4) is 0 Å². The van der Waals surface area contributed by atoms with Gasteiger partial charge in [-0.3, -0.25) is 9.78 Å². The maximum absolute atomic E-state index is 12.1. The lowest BCUT2D eigenvalue weighted by Crippen LogP contribution is -2.27. The lowest BCUT2D eigenvalue weighted by atomic mass is 10.2. The Bertz CT molecular complexity index is 522. The topological polar surface area (TPSA) is 75.0 Å². The Hall–Kier alpha value is -2.14. The van der Waals surface area contributed by atoms with E-state index in [1.54, 1.807) is 24.2 Å². The van der Waals surface area contributed by atoms with Gasteiger partial charge in [0.05, 0.1) is 6.54 Å². The van der Waals surface area contributed by atoms with E-state index < -0.39 is 0 Å². The number of rotatable bonds is 4. The molecule has 2 heterocycles. The van der Waals surface area contributed by atoms with Crippen LogP contribution in [0.2, 0.25) is 0 Å². The van der Waals surface area contributed by atoms with Crippen LogP contribution in [-0.2, 0) is 13.1 Å². The molecule has 5 heteroatoms. The number of hydrogen-bond donors (Lipinski definition) is 2. The van der Waals surface area contributed by atoms with Crippen molar-refractivity contribution in [1.29, 1.82) is 0 Å². The van der Waals surface area contributed by atoms with Crippen LogP contribution in [0.15, 0.2) is 36.7 Å². The van der Waals surface area contributed by atoms with Gasteiger partial charge in [0, 0.05) is 31.7 Å². The molecule has 1 amide bonds. The van der Waals surface area contributed by atoms with Gasteiger partial charge in [-0.25, -0.2) is 0 Å². The van der Waals surface area contributed by atoms with Crippen LogP contribution < -0.4 is 5.73 Å². The number of aromatic amines is 1. The maximum atomic E-state index is 12.1. The first-order chi connectivity index (χ1) is 8.70. The third-order valence-corrected chi connectivity index (χ3v) is 2.70. The molecule has 2 aromatic heterocycles. The van der Waals surface area contributed by atoms with E-state index in [1.807, 2.05) is 24.4 Å². The van der Waals surface area contributed by atoms with Gasteiger partial charge >= 0.3 is 0 Å². The standard InChI is InChI=1S/C13H16N4O/c1-17(9-11-3-2-5-15-11)13(18)12-7-10(8-14)4-6-16-12/h2-7,15H,8-9,14H2,1H3. The summed E-state index contributed by atoms with van der Waals surface area (Å²) in [5.41, 5.74) is 7.86. The third-order valence-electron chi connectivity index (χ3n) is 2.70. The third kappa shape index (κ3) is 2.75. The van der Waals surface area contributed by atoms with Crippen LogP contribution in [0.25, 0.3) is 0 Å². The highest BCUT2D eigenvalue weighted by Gasteiger charge is 2.13. The first kappa shape index (κ1) is 12.3. The number of carbonyl (C=O) groups excluding carboxylic acids is 1. The van der Waals surface area contributed by atoms with Crippen molar-refractivity contribution < 1.29 is 4.79 Å². The van der Waals surface area contributed by atoms with Crippen LogP contribution in [0.5, 0.6) is 0 Å². The summed E-state index contributed by atoms with van der Waals surface area (Å²) in [6.45, 7) is 0.934. The molecule has 0 spiro atoms. The van der Waals surface area contributed by atoms with Crippen molar-refractivity contribution >= 4 is 5.91 Å². The van der Waals surface area contributed by atoms with E-state index in [-0.39, 0.29) is 5.91 Å². The molecule has 3 N–H and O–H groups in total. The smallest absolute Gasteiger partial charge is 0.272 e. The summed E-state index contributed by atoms with van der Waals surface area (Å²) >= 11 is 0. The highest BCUT2D eigenvalue weighted by Crippen LogP contribution is 2.07. The van der Waals surface area contributed by atoms with Gasteiger partial charge in [-0.15, -0.1) is 0 Å². The fourth-order valence-electron chi connectivity index (χ4n) is 1.71. The molecule has 2 rings (SSSR count). The van der Waals surface area contributed by atoms with E-state index in [9.17, 15) is 4.79 Å². The molecule has 0 aliphatic rings. The first-order valence-corrected chi connectivity index (χ1v) is 5.73. The molecule has 0 aliphatic carbocycles. The molecular formula is C13H16N4O. The van der Waals surface area contributed by atoms with Crippen molar-refractivity contribution in [1.82, 2.24) is 14.9 Å². The molecule has 0 aliphatic heterocycles. The van der Waals surface area contributed by atoms with Gasteiger partial charge in [0.15, 0.2) is 0 Å². The Morgan fingerprint density at radius 1 is 1.50 bits per heavy atom. The highest BCUT2D eigenvalue weighted by atomic mass is 16.2. The molecule has 0 saturated carbocycles. The minimum atomic E-state index is -0.111. The summed E-state index contributed by atoms with van der Waals surface area (Å²) in [5.74, 6) is -0.111. The fraction of sp³-hybridized carbons (Fsp3) is 0.231. The number of nitrogens with zero attached hydrogens (tertiary/aromatic N) is 2. The Morgan fingerprint density at radius 2 is 2.33 bits per heavy atom. The predicted molar refractivity (Wildman–Crippen MR) is 68.7 cm³/mol. The molecule has 0 fully saturated rings. The summed E-state index contributed by atoms with van der Waals surface area (Å²) in [6, 6.07) is 7.38. The van der Waals surface area contributed by atoms with Crippen molar-refractivity contribution in [2.75, 3.05) is 7.05 Å². The largest absolute Gasteiger partial charge is 0.364 e. The number of pyridine rings is 1. The average Bonchev–Trinajstić information content (AvgIpc) is 2.90. The second-order valence-electron chi connectivity index (χ2n) is 4.11. The molecule has 0 aromatic carbocycles. The summed E-state index contributed by atoms with van der Waals surface area (Å²) in [6.07, 6.45) is 3.44. The van der Waals surface area contributed by atoms with Crippen LogP contribution >= 0.6 is 0 Å². The second-order valence-corrected chi connectivity index (χ2v) is 4.11. The number of H-pyrrole nitrogens is 1. The Kier molecular flexibility index (Phi) is 3.74. The van der Waals surface area contributed by atoms with Crippen LogP contribution in [0.1, 0.15) is 21.7 Å². The van der Waals surface area contributed by atoms with Gasteiger partial charge < -0.3 is 15.6 Å². The second kappa shape index (κ2) is 5.46. The van der Waals surface area contributed by atoms with Crippen LogP contribution in [0.3, 0.4) is 0 Å². The van der Waals surface area contributed by atoms with E-state index in [0.29, 0.717) is 18.8 Å². The van der Waals surface area contributed by atoms with Crippen LogP contribution in [0.4, 0.5) is 0 Å². The lowest BCUT2D eigenvalue weighted by Gasteiger charge is -2.16. The number of carbonyl (C=O) groups is 1. The molecule has 94 valence electrons. The number of nitrogens with two attached hydrogens (primary N) is 1. The molecule has 0 bridgehead atoms. The predicted octanol–water partition coefficient (Wildman–Crippen LogP) is 1.14. The minimum Gasteiger partial charge on any atom is -0.364 e. The maximum Gasteiger partial charge on any atom is 0.272 e. The summed E-state index contributed by atoms with van der Waals surface area (Å²) in [5, 5.41) is 0. The molecule has 0 atom stereocenters. The van der Waals surface area contributed by atoms with E-state index in [0.717, 1.165) is 11.3 Å². The van der Waals surface area contributed by atoms with Crippen LogP contribution in [-0.4, -0.2) is 27.8 Å². The zero-order chi connectivity index (χ0) is 13.0. The van der Waals surface area contributed by atoms with Crippen molar-refractivity contribution in [2.24, 2.45) is 5.73 Å². The van der Waals surface area contributed by atoms with Crippen LogP contribution in [0, 0.1) is 0 Å². The zero-order valence-corrected chi connectivity index (χ0v) is 10.3. The minimum absolute atomic E-state index is 0.111. The molecule has 0 unspecified atom stereocenters. The van der Waals surface area contributed by atoms with E-state index in [1.165, 1.54) is 0 Å². The summed E-state index contributed by atoms with van der Waals surface area (Å²) < 4.78 is 0. The van der Waals surface area contributed by atoms with E-state index in [4.69, 9.17) is 5.73 Å². The first-order valence-electron chi connectivity index (χ1n) is 5.73. The molecule has 2 aromatic rings. The quantitative estimate of drug-likeness (QED) is 0.847. The molecule has 18 heavy (non-hydrogen) atoms. The Labute approximate surface area is 106 Å². The van der Waals surface area contributed by atoms with Gasteiger partial charge in [0.2, 0.25) is 0 Å².